The molecule has 0 unspecified atom stereocenters. The molecule has 3 rings (SSSR count). The first-order chi connectivity index (χ1) is 13.8. The summed E-state index contributed by atoms with van der Waals surface area (Å²) in [6.07, 6.45) is 0. The minimum atomic E-state index is -3.70. The number of carbonyl (C=O) groups excluding carboxylic acids is 1. The van der Waals surface area contributed by atoms with Gasteiger partial charge < -0.3 is 5.32 Å². The molecule has 0 aromatic heterocycles. The van der Waals surface area contributed by atoms with E-state index in [9.17, 15) is 13.2 Å². The third kappa shape index (κ3) is 4.66. The third-order valence-electron chi connectivity index (χ3n) is 4.80. The molecule has 0 fully saturated rings. The summed E-state index contributed by atoms with van der Waals surface area (Å²) in [5, 5.41) is 2.96. The summed E-state index contributed by atoms with van der Waals surface area (Å²) in [4.78, 5) is 12.9. The fraction of sp³-hybridized carbons (Fsp3) is 0.174. The van der Waals surface area contributed by atoms with E-state index in [-0.39, 0.29) is 16.8 Å². The Bertz CT molecular complexity index is 1090. The minimum Gasteiger partial charge on any atom is -0.346 e. The molecule has 0 saturated heterocycles. The van der Waals surface area contributed by atoms with Gasteiger partial charge in [-0.05, 0) is 49.7 Å². The highest BCUT2D eigenvalue weighted by Gasteiger charge is 2.22. The van der Waals surface area contributed by atoms with E-state index in [1.807, 2.05) is 38.1 Å². The van der Waals surface area contributed by atoms with Crippen LogP contribution in [-0.2, 0) is 10.0 Å². The Balaban J connectivity index is 1.80. The van der Waals surface area contributed by atoms with Crippen LogP contribution in [0.3, 0.4) is 0 Å². The average Bonchev–Trinajstić information content (AvgIpc) is 2.74. The fourth-order valence-electron chi connectivity index (χ4n) is 2.95. The Labute approximate surface area is 172 Å². The van der Waals surface area contributed by atoms with E-state index in [4.69, 9.17) is 0 Å². The van der Waals surface area contributed by atoms with Crippen LogP contribution in [0.4, 0.5) is 5.69 Å². The minimum absolute atomic E-state index is 0.169. The number of hydrogen-bond donors (Lipinski definition) is 1. The molecule has 0 aliphatic carbocycles. The van der Waals surface area contributed by atoms with Crippen molar-refractivity contribution in [1.82, 2.24) is 5.32 Å². The van der Waals surface area contributed by atoms with E-state index in [0.29, 0.717) is 11.3 Å². The van der Waals surface area contributed by atoms with E-state index in [1.165, 1.54) is 11.4 Å². The second kappa shape index (κ2) is 8.49. The molecule has 0 aliphatic rings. The number of rotatable bonds is 6. The average molecular weight is 409 g/mol. The zero-order valence-electron chi connectivity index (χ0n) is 16.7. The number of anilines is 1. The Hall–Kier alpha value is -3.12. The predicted molar refractivity (Wildman–Crippen MR) is 116 cm³/mol. The van der Waals surface area contributed by atoms with Crippen molar-refractivity contribution in [1.29, 1.82) is 0 Å². The van der Waals surface area contributed by atoms with Gasteiger partial charge in [0.05, 0.1) is 16.6 Å². The molecule has 150 valence electrons. The quantitative estimate of drug-likeness (QED) is 0.661. The number of benzene rings is 3. The SMILES string of the molecule is Cc1ccc([C@H](C)NC(=O)c2cccc(N(C)S(=O)(=O)c3ccccc3)c2)cc1. The molecule has 3 aromatic carbocycles. The van der Waals surface area contributed by atoms with Crippen LogP contribution < -0.4 is 9.62 Å². The fourth-order valence-corrected chi connectivity index (χ4v) is 4.16. The number of carbonyl (C=O) groups is 1. The first-order valence-corrected chi connectivity index (χ1v) is 10.7. The van der Waals surface area contributed by atoms with Crippen LogP contribution in [0, 0.1) is 6.92 Å². The molecule has 1 N–H and O–H groups in total. The van der Waals surface area contributed by atoms with Gasteiger partial charge in [-0.3, -0.25) is 9.10 Å². The van der Waals surface area contributed by atoms with Crippen LogP contribution in [0.1, 0.15) is 34.5 Å². The van der Waals surface area contributed by atoms with E-state index < -0.39 is 10.0 Å². The Kier molecular flexibility index (Phi) is 6.03. The molecule has 1 atom stereocenters. The summed E-state index contributed by atoms with van der Waals surface area (Å²) in [6.45, 7) is 3.93. The zero-order chi connectivity index (χ0) is 21.0. The molecule has 0 aliphatic heterocycles. The van der Waals surface area contributed by atoms with Gasteiger partial charge in [0.15, 0.2) is 0 Å². The van der Waals surface area contributed by atoms with Crippen LogP contribution in [0.25, 0.3) is 0 Å². The van der Waals surface area contributed by atoms with Gasteiger partial charge in [-0.25, -0.2) is 8.42 Å². The lowest BCUT2D eigenvalue weighted by Crippen LogP contribution is -2.28. The van der Waals surface area contributed by atoms with Crippen molar-refractivity contribution in [3.05, 3.63) is 95.6 Å². The number of sulfonamides is 1. The normalized spacial score (nSPS) is 12.2. The van der Waals surface area contributed by atoms with Crippen LogP contribution in [0.2, 0.25) is 0 Å². The van der Waals surface area contributed by atoms with Gasteiger partial charge in [-0.15, -0.1) is 0 Å². The smallest absolute Gasteiger partial charge is 0.264 e. The molecule has 5 nitrogen and oxygen atoms in total. The second-order valence-corrected chi connectivity index (χ2v) is 8.91. The van der Waals surface area contributed by atoms with Crippen LogP contribution in [0.5, 0.6) is 0 Å². The maximum atomic E-state index is 12.8. The summed E-state index contributed by atoms with van der Waals surface area (Å²) in [5.41, 5.74) is 2.98. The lowest BCUT2D eigenvalue weighted by atomic mass is 10.1. The van der Waals surface area contributed by atoms with E-state index >= 15 is 0 Å². The summed E-state index contributed by atoms with van der Waals surface area (Å²) in [7, 11) is -2.22. The topological polar surface area (TPSA) is 66.5 Å². The van der Waals surface area contributed by atoms with Crippen molar-refractivity contribution < 1.29 is 13.2 Å². The van der Waals surface area contributed by atoms with Crippen molar-refractivity contribution in [3.8, 4) is 0 Å². The number of nitrogens with one attached hydrogen (secondary N) is 1. The highest BCUT2D eigenvalue weighted by atomic mass is 32.2. The molecule has 0 saturated carbocycles. The monoisotopic (exact) mass is 408 g/mol. The molecule has 1 amide bonds. The van der Waals surface area contributed by atoms with Gasteiger partial charge in [-0.1, -0.05) is 54.1 Å². The maximum Gasteiger partial charge on any atom is 0.264 e. The van der Waals surface area contributed by atoms with Gasteiger partial charge >= 0.3 is 0 Å². The van der Waals surface area contributed by atoms with Gasteiger partial charge in [-0.2, -0.15) is 0 Å². The largest absolute Gasteiger partial charge is 0.346 e. The molecule has 0 spiro atoms. The van der Waals surface area contributed by atoms with Crippen LogP contribution in [-0.4, -0.2) is 21.4 Å². The van der Waals surface area contributed by atoms with Gasteiger partial charge in [0.1, 0.15) is 0 Å². The first-order valence-electron chi connectivity index (χ1n) is 9.30. The highest BCUT2D eigenvalue weighted by molar-refractivity contribution is 7.92. The lowest BCUT2D eigenvalue weighted by molar-refractivity contribution is 0.0940. The molecular formula is C23H24N2O3S. The Morgan fingerprint density at radius 1 is 0.931 bits per heavy atom. The summed E-state index contributed by atoms with van der Waals surface area (Å²) >= 11 is 0. The predicted octanol–water partition coefficient (Wildman–Crippen LogP) is 4.31. The van der Waals surface area contributed by atoms with Gasteiger partial charge in [0.25, 0.3) is 15.9 Å². The standard InChI is InChI=1S/C23H24N2O3S/c1-17-12-14-19(15-13-17)18(2)24-23(26)20-8-7-9-21(16-20)25(3)29(27,28)22-10-5-4-6-11-22/h4-16,18H,1-3H3,(H,24,26)/t18-/m0/s1. The molecule has 0 bridgehead atoms. The van der Waals surface area contributed by atoms with Crippen LogP contribution in [0.15, 0.2) is 83.8 Å². The van der Waals surface area contributed by atoms with Crippen LogP contribution >= 0.6 is 0 Å². The van der Waals surface area contributed by atoms with E-state index in [2.05, 4.69) is 5.32 Å². The molecule has 0 heterocycles. The molecule has 6 heteroatoms. The van der Waals surface area contributed by atoms with Crippen molar-refractivity contribution in [2.45, 2.75) is 24.8 Å². The number of aryl methyl sites for hydroxylation is 1. The zero-order valence-corrected chi connectivity index (χ0v) is 17.5. The van der Waals surface area contributed by atoms with Crippen molar-refractivity contribution >= 4 is 21.6 Å². The van der Waals surface area contributed by atoms with E-state index in [1.54, 1.807) is 54.6 Å². The summed E-state index contributed by atoms with van der Waals surface area (Å²) < 4.78 is 26.8. The third-order valence-corrected chi connectivity index (χ3v) is 6.60. The second-order valence-electron chi connectivity index (χ2n) is 6.94. The number of amides is 1. The molecule has 0 radical (unpaired) electrons. The lowest BCUT2D eigenvalue weighted by Gasteiger charge is -2.20. The molecule has 3 aromatic rings. The summed E-state index contributed by atoms with van der Waals surface area (Å²) in [6, 6.07) is 22.6. The van der Waals surface area contributed by atoms with Crippen molar-refractivity contribution in [2.24, 2.45) is 0 Å². The van der Waals surface area contributed by atoms with E-state index in [0.717, 1.165) is 11.1 Å². The van der Waals surface area contributed by atoms with Gasteiger partial charge in [0.2, 0.25) is 0 Å². The molecule has 29 heavy (non-hydrogen) atoms. The first kappa shape index (κ1) is 20.6. The van der Waals surface area contributed by atoms with Gasteiger partial charge in [0, 0.05) is 12.6 Å². The number of nitrogens with zero attached hydrogens (tertiary/aromatic N) is 1. The highest BCUT2D eigenvalue weighted by Crippen LogP contribution is 2.23. The van der Waals surface area contributed by atoms with Crippen molar-refractivity contribution in [3.63, 3.8) is 0 Å². The Morgan fingerprint density at radius 3 is 2.24 bits per heavy atom. The summed E-state index contributed by atoms with van der Waals surface area (Å²) in [5.74, 6) is -0.259. The van der Waals surface area contributed by atoms with Crippen molar-refractivity contribution in [2.75, 3.05) is 11.4 Å². The number of hydrogen-bond acceptors (Lipinski definition) is 3. The molecular weight excluding hydrogens is 384 g/mol. The Morgan fingerprint density at radius 2 is 1.59 bits per heavy atom. The maximum absolute atomic E-state index is 12.8.